The number of piperazine rings is 1. The number of esters is 1. The molecule has 3 rings (SSSR count). The number of para-hydroxylation sites is 1. The third kappa shape index (κ3) is 4.48. The highest BCUT2D eigenvalue weighted by Gasteiger charge is 2.23. The summed E-state index contributed by atoms with van der Waals surface area (Å²) >= 11 is 0. The van der Waals surface area contributed by atoms with Crippen molar-refractivity contribution in [3.05, 3.63) is 42.2 Å². The zero-order chi connectivity index (χ0) is 19.9. The molecule has 0 unspecified atom stereocenters. The van der Waals surface area contributed by atoms with Crippen molar-refractivity contribution in [3.8, 4) is 0 Å². The number of hydrogen-bond donors (Lipinski definition) is 1. The molecule has 0 spiro atoms. The van der Waals surface area contributed by atoms with Crippen LogP contribution in [0.25, 0.3) is 0 Å². The number of aromatic nitrogens is 2. The third-order valence-electron chi connectivity index (χ3n) is 4.38. The maximum atomic E-state index is 11.9. The molecule has 0 radical (unpaired) electrons. The van der Waals surface area contributed by atoms with Crippen molar-refractivity contribution < 1.29 is 19.1 Å². The van der Waals surface area contributed by atoms with Crippen molar-refractivity contribution in [2.45, 2.75) is 6.92 Å². The van der Waals surface area contributed by atoms with Crippen LogP contribution in [0.1, 0.15) is 17.3 Å². The average molecular weight is 385 g/mol. The highest BCUT2D eigenvalue weighted by atomic mass is 16.6. The first-order valence-electron chi connectivity index (χ1n) is 9.05. The molecule has 0 bridgehead atoms. The molecule has 1 aliphatic heterocycles. The molecule has 2 aromatic rings. The van der Waals surface area contributed by atoms with Crippen LogP contribution in [0.15, 0.2) is 36.7 Å². The van der Waals surface area contributed by atoms with Gasteiger partial charge >= 0.3 is 12.1 Å². The molecule has 1 fully saturated rings. The summed E-state index contributed by atoms with van der Waals surface area (Å²) in [5.74, 6) is 0.887. The van der Waals surface area contributed by atoms with Crippen molar-refractivity contribution in [2.24, 2.45) is 0 Å². The molecule has 1 aliphatic rings. The molecular weight excluding hydrogens is 362 g/mol. The van der Waals surface area contributed by atoms with Crippen molar-refractivity contribution >= 4 is 29.4 Å². The van der Waals surface area contributed by atoms with Crippen LogP contribution in [0.4, 0.5) is 22.1 Å². The summed E-state index contributed by atoms with van der Waals surface area (Å²) in [7, 11) is 1.35. The van der Waals surface area contributed by atoms with Crippen molar-refractivity contribution in [1.82, 2.24) is 14.9 Å². The number of nitrogens with one attached hydrogen (secondary N) is 1. The van der Waals surface area contributed by atoms with E-state index in [0.717, 1.165) is 5.82 Å². The Labute approximate surface area is 163 Å². The number of ether oxygens (including phenoxy) is 2. The lowest BCUT2D eigenvalue weighted by Crippen LogP contribution is -2.49. The summed E-state index contributed by atoms with van der Waals surface area (Å²) in [6, 6.07) is 8.88. The van der Waals surface area contributed by atoms with Crippen LogP contribution in [0.5, 0.6) is 0 Å². The minimum atomic E-state index is -0.424. The van der Waals surface area contributed by atoms with Crippen molar-refractivity contribution in [3.63, 3.8) is 0 Å². The lowest BCUT2D eigenvalue weighted by atomic mass is 10.2. The second-order valence-corrected chi connectivity index (χ2v) is 6.10. The molecule has 0 saturated carbocycles. The first-order chi connectivity index (χ1) is 13.6. The Morgan fingerprint density at radius 2 is 1.89 bits per heavy atom. The van der Waals surface area contributed by atoms with E-state index in [0.29, 0.717) is 49.9 Å². The smallest absolute Gasteiger partial charge is 0.409 e. The predicted octanol–water partition coefficient (Wildman–Crippen LogP) is 2.29. The van der Waals surface area contributed by atoms with Gasteiger partial charge in [0.25, 0.3) is 0 Å². The topological polar surface area (TPSA) is 96.9 Å². The molecule has 2 heterocycles. The van der Waals surface area contributed by atoms with E-state index in [1.165, 1.54) is 13.4 Å². The minimum Gasteiger partial charge on any atom is -0.465 e. The number of hydrogen-bond acceptors (Lipinski definition) is 8. The quantitative estimate of drug-likeness (QED) is 0.783. The van der Waals surface area contributed by atoms with Crippen LogP contribution >= 0.6 is 0 Å². The van der Waals surface area contributed by atoms with E-state index in [2.05, 4.69) is 20.2 Å². The Balaban J connectivity index is 1.69. The largest absolute Gasteiger partial charge is 0.465 e. The van der Waals surface area contributed by atoms with Gasteiger partial charge in [-0.15, -0.1) is 0 Å². The molecule has 1 aromatic carbocycles. The standard InChI is InChI=1S/C19H23N5O4/c1-3-28-19(26)24-10-8-23(9-11-24)17-12-16(20-13-21-17)22-15-7-5-4-6-14(15)18(25)27-2/h4-7,12-13H,3,8-11H2,1-2H3,(H,20,21,22). The van der Waals surface area contributed by atoms with Crippen LogP contribution in [-0.4, -0.2) is 66.8 Å². The molecule has 1 aromatic heterocycles. The fourth-order valence-corrected chi connectivity index (χ4v) is 2.94. The number of carbonyl (C=O) groups is 2. The van der Waals surface area contributed by atoms with Crippen LogP contribution < -0.4 is 10.2 Å². The van der Waals surface area contributed by atoms with Gasteiger partial charge in [0.15, 0.2) is 0 Å². The Hall–Kier alpha value is -3.36. The summed E-state index contributed by atoms with van der Waals surface area (Å²) in [5.41, 5.74) is 1.03. The Kier molecular flexibility index (Phi) is 6.25. The van der Waals surface area contributed by atoms with E-state index in [4.69, 9.17) is 9.47 Å². The molecule has 0 atom stereocenters. The normalized spacial score (nSPS) is 13.8. The van der Waals surface area contributed by atoms with Gasteiger partial charge in [0.1, 0.15) is 18.0 Å². The highest BCUT2D eigenvalue weighted by molar-refractivity contribution is 5.96. The Morgan fingerprint density at radius 3 is 2.61 bits per heavy atom. The predicted molar refractivity (Wildman–Crippen MR) is 104 cm³/mol. The number of rotatable bonds is 5. The lowest BCUT2D eigenvalue weighted by molar-refractivity contribution is 0.0601. The number of carbonyl (C=O) groups excluding carboxylic acids is 2. The van der Waals surface area contributed by atoms with Gasteiger partial charge in [-0.3, -0.25) is 0 Å². The summed E-state index contributed by atoms with van der Waals surface area (Å²) in [5, 5.41) is 3.15. The zero-order valence-electron chi connectivity index (χ0n) is 15.9. The van der Waals surface area contributed by atoms with Crippen LogP contribution in [-0.2, 0) is 9.47 Å². The van der Waals surface area contributed by atoms with Crippen molar-refractivity contribution in [1.29, 1.82) is 0 Å². The van der Waals surface area contributed by atoms with E-state index in [1.807, 2.05) is 12.1 Å². The number of methoxy groups -OCH3 is 1. The molecule has 1 N–H and O–H groups in total. The minimum absolute atomic E-state index is 0.286. The summed E-state index contributed by atoms with van der Waals surface area (Å²) in [4.78, 5) is 36.1. The van der Waals surface area contributed by atoms with E-state index in [-0.39, 0.29) is 6.09 Å². The maximum absolute atomic E-state index is 11.9. The van der Waals surface area contributed by atoms with Gasteiger partial charge in [-0.2, -0.15) is 0 Å². The van der Waals surface area contributed by atoms with Crippen LogP contribution in [0.3, 0.4) is 0 Å². The molecular formula is C19H23N5O4. The first-order valence-corrected chi connectivity index (χ1v) is 9.05. The fourth-order valence-electron chi connectivity index (χ4n) is 2.94. The molecule has 9 heteroatoms. The first kappa shape index (κ1) is 19.4. The maximum Gasteiger partial charge on any atom is 0.409 e. The van der Waals surface area contributed by atoms with Gasteiger partial charge < -0.3 is 24.6 Å². The highest BCUT2D eigenvalue weighted by Crippen LogP contribution is 2.23. The Morgan fingerprint density at radius 1 is 1.14 bits per heavy atom. The van der Waals surface area contributed by atoms with E-state index < -0.39 is 5.97 Å². The van der Waals surface area contributed by atoms with Gasteiger partial charge in [-0.25, -0.2) is 19.6 Å². The van der Waals surface area contributed by atoms with Crippen molar-refractivity contribution in [2.75, 3.05) is 50.1 Å². The van der Waals surface area contributed by atoms with Crippen LogP contribution in [0, 0.1) is 0 Å². The lowest BCUT2D eigenvalue weighted by Gasteiger charge is -2.34. The SMILES string of the molecule is CCOC(=O)N1CCN(c2cc(Nc3ccccc3C(=O)OC)ncn2)CC1. The third-order valence-corrected chi connectivity index (χ3v) is 4.38. The molecule has 1 saturated heterocycles. The Bertz CT molecular complexity index is 837. The molecule has 9 nitrogen and oxygen atoms in total. The summed E-state index contributed by atoms with van der Waals surface area (Å²) < 4.78 is 9.86. The molecule has 148 valence electrons. The van der Waals surface area contributed by atoms with Gasteiger partial charge in [0, 0.05) is 32.2 Å². The average Bonchev–Trinajstić information content (AvgIpc) is 2.74. The van der Waals surface area contributed by atoms with E-state index in [9.17, 15) is 9.59 Å². The number of nitrogens with zero attached hydrogens (tertiary/aromatic N) is 4. The van der Waals surface area contributed by atoms with Crippen LogP contribution in [0.2, 0.25) is 0 Å². The zero-order valence-corrected chi connectivity index (χ0v) is 15.9. The van der Waals surface area contributed by atoms with E-state index in [1.54, 1.807) is 30.0 Å². The number of anilines is 3. The summed E-state index contributed by atoms with van der Waals surface area (Å²) in [6.07, 6.45) is 1.18. The van der Waals surface area contributed by atoms with E-state index >= 15 is 0 Å². The molecule has 0 aliphatic carbocycles. The summed E-state index contributed by atoms with van der Waals surface area (Å²) in [6.45, 7) is 4.59. The second-order valence-electron chi connectivity index (χ2n) is 6.10. The molecule has 1 amide bonds. The monoisotopic (exact) mass is 385 g/mol. The second kappa shape index (κ2) is 9.03. The van der Waals surface area contributed by atoms with Gasteiger partial charge in [-0.05, 0) is 19.1 Å². The molecule has 28 heavy (non-hydrogen) atoms. The van der Waals surface area contributed by atoms with Gasteiger partial charge in [-0.1, -0.05) is 12.1 Å². The number of amides is 1. The van der Waals surface area contributed by atoms with Gasteiger partial charge in [0.2, 0.25) is 0 Å². The van der Waals surface area contributed by atoms with Gasteiger partial charge in [0.05, 0.1) is 25.0 Å². The fraction of sp³-hybridized carbons (Fsp3) is 0.368. The number of benzene rings is 1.